The average molecular weight is 660 g/mol. The van der Waals surface area contributed by atoms with E-state index >= 15 is 0 Å². The van der Waals surface area contributed by atoms with Crippen molar-refractivity contribution in [1.82, 2.24) is 20.1 Å². The van der Waals surface area contributed by atoms with Crippen LogP contribution in [0.25, 0.3) is 11.3 Å². The van der Waals surface area contributed by atoms with Crippen molar-refractivity contribution in [3.63, 3.8) is 0 Å². The van der Waals surface area contributed by atoms with Crippen LogP contribution in [0.4, 0.5) is 27.8 Å². The van der Waals surface area contributed by atoms with Gasteiger partial charge in [0.05, 0.1) is 34.5 Å². The minimum Gasteiger partial charge on any atom is -0.434 e. The maximum absolute atomic E-state index is 13.3. The molecule has 1 aliphatic carbocycles. The lowest BCUT2D eigenvalue weighted by Crippen LogP contribution is -2.53. The molecule has 0 aromatic carbocycles. The first-order chi connectivity index (χ1) is 19.7. The van der Waals surface area contributed by atoms with E-state index in [2.05, 4.69) is 25.5 Å². The van der Waals surface area contributed by atoms with E-state index in [0.29, 0.717) is 0 Å². The second-order valence-corrected chi connectivity index (χ2v) is 13.6. The Kier molecular flexibility index (Phi) is 10.0. The number of ether oxygens (including phenoxy) is 1. The molecular weight excluding hydrogens is 629 g/mol. The molecule has 0 saturated heterocycles. The van der Waals surface area contributed by atoms with E-state index in [9.17, 15) is 45.1 Å². The van der Waals surface area contributed by atoms with Crippen molar-refractivity contribution in [2.24, 2.45) is 0 Å². The van der Waals surface area contributed by atoms with Crippen LogP contribution in [0.3, 0.4) is 0 Å². The first kappa shape index (κ1) is 34.4. The van der Waals surface area contributed by atoms with E-state index in [1.54, 1.807) is 6.92 Å². The highest BCUT2D eigenvalue weighted by Crippen LogP contribution is 2.39. The lowest BCUT2D eigenvalue weighted by atomic mass is 9.83. The largest absolute Gasteiger partial charge is 0.434 e. The molecule has 2 atom stereocenters. The summed E-state index contributed by atoms with van der Waals surface area (Å²) >= 11 is 6.47. The molecule has 3 rings (SSSR count). The standard InChI is InChI=1S/C25H31ClF5N5O6S/c1-5-36-20(14-10-32-17(9-15(14)42-22(27)28)34-23(2,3)11-25(29,30)31)18(26)19(35-36)21(38)33-12-24(39)7-6-13(8-16(24)37)43(4,40)41/h9-10,13,22,39H,5-8,11-12H2,1-4H3,(H,32,34)(H,33,38)/t13-,24-/m0/s1. The SMILES string of the molecule is CCn1nc(C(=O)NC[C@@]2(O)CC[C@H](S(C)(=O)=O)CC2=O)c(Cl)c1-c1cnc(NC(C)(C)CC(F)(F)F)cc1OC(F)F. The number of aryl methyl sites for hydroxylation is 1. The van der Waals surface area contributed by atoms with Gasteiger partial charge in [-0.1, -0.05) is 11.6 Å². The van der Waals surface area contributed by atoms with Crippen LogP contribution >= 0.6 is 11.6 Å². The number of Topliss-reactive ketones (excluding diaryl/α,β-unsaturated/α-hetero) is 1. The molecule has 43 heavy (non-hydrogen) atoms. The average Bonchev–Trinajstić information content (AvgIpc) is 3.18. The molecule has 2 aromatic rings. The number of hydrogen-bond donors (Lipinski definition) is 3. The third-order valence-electron chi connectivity index (χ3n) is 6.81. The van der Waals surface area contributed by atoms with E-state index in [0.717, 1.165) is 18.5 Å². The predicted octanol–water partition coefficient (Wildman–Crippen LogP) is 3.99. The molecule has 1 amide bonds. The topological polar surface area (TPSA) is 153 Å². The van der Waals surface area contributed by atoms with Gasteiger partial charge < -0.3 is 20.5 Å². The Morgan fingerprint density at radius 1 is 1.33 bits per heavy atom. The van der Waals surface area contributed by atoms with Gasteiger partial charge >= 0.3 is 12.8 Å². The minimum absolute atomic E-state index is 0.00443. The molecule has 2 aromatic heterocycles. The predicted molar refractivity (Wildman–Crippen MR) is 146 cm³/mol. The number of nitrogens with one attached hydrogen (secondary N) is 2. The number of hydrogen-bond acceptors (Lipinski definition) is 9. The second kappa shape index (κ2) is 12.5. The lowest BCUT2D eigenvalue weighted by molar-refractivity contribution is -0.143. The van der Waals surface area contributed by atoms with Gasteiger partial charge in [0.15, 0.2) is 21.3 Å². The first-order valence-electron chi connectivity index (χ1n) is 12.9. The maximum Gasteiger partial charge on any atom is 0.391 e. The van der Waals surface area contributed by atoms with Crippen LogP contribution in [0.15, 0.2) is 12.3 Å². The third-order valence-corrected chi connectivity index (χ3v) is 8.79. The van der Waals surface area contributed by atoms with Crippen molar-refractivity contribution in [2.45, 2.75) is 82.2 Å². The van der Waals surface area contributed by atoms with Crippen LogP contribution in [-0.4, -0.2) is 82.0 Å². The molecule has 0 unspecified atom stereocenters. The number of alkyl halides is 5. The van der Waals surface area contributed by atoms with Gasteiger partial charge in [0.1, 0.15) is 17.2 Å². The molecule has 3 N–H and O–H groups in total. The molecule has 0 spiro atoms. The summed E-state index contributed by atoms with van der Waals surface area (Å²) in [5.41, 5.74) is -4.19. The van der Waals surface area contributed by atoms with Crippen molar-refractivity contribution in [2.75, 3.05) is 18.1 Å². The Morgan fingerprint density at radius 3 is 2.51 bits per heavy atom. The molecule has 1 fully saturated rings. The Morgan fingerprint density at radius 2 is 1.98 bits per heavy atom. The number of halogens is 6. The number of ketones is 1. The second-order valence-electron chi connectivity index (χ2n) is 10.9. The molecule has 11 nitrogen and oxygen atoms in total. The molecule has 0 bridgehead atoms. The fourth-order valence-corrected chi connectivity index (χ4v) is 6.06. The molecule has 18 heteroatoms. The van der Waals surface area contributed by atoms with Crippen molar-refractivity contribution < 1.29 is 49.8 Å². The van der Waals surface area contributed by atoms with Gasteiger partial charge in [-0.05, 0) is 33.6 Å². The van der Waals surface area contributed by atoms with E-state index < -0.39 is 81.5 Å². The monoisotopic (exact) mass is 659 g/mol. The van der Waals surface area contributed by atoms with E-state index in [1.165, 1.54) is 18.5 Å². The van der Waals surface area contributed by atoms with E-state index in [1.807, 2.05) is 0 Å². The zero-order valence-electron chi connectivity index (χ0n) is 23.6. The molecular formula is C25H31ClF5N5O6S. The van der Waals surface area contributed by atoms with Gasteiger partial charge in [-0.25, -0.2) is 13.4 Å². The summed E-state index contributed by atoms with van der Waals surface area (Å²) in [5, 5.41) is 18.5. The Balaban J connectivity index is 1.90. The quantitative estimate of drug-likeness (QED) is 0.304. The Hall–Kier alpha value is -3.05. The fourth-order valence-electron chi connectivity index (χ4n) is 4.74. The number of carbonyl (C=O) groups is 2. The van der Waals surface area contributed by atoms with E-state index in [-0.39, 0.29) is 41.5 Å². The highest BCUT2D eigenvalue weighted by atomic mass is 35.5. The normalized spacial score (nSPS) is 19.9. The summed E-state index contributed by atoms with van der Waals surface area (Å²) in [6, 6.07) is 0.969. The summed E-state index contributed by atoms with van der Waals surface area (Å²) in [4.78, 5) is 29.6. The fraction of sp³-hybridized carbons (Fsp3) is 0.600. The number of nitrogens with zero attached hydrogens (tertiary/aromatic N) is 3. The molecule has 2 heterocycles. The summed E-state index contributed by atoms with van der Waals surface area (Å²) < 4.78 is 94.9. The van der Waals surface area contributed by atoms with Crippen LogP contribution in [0.2, 0.25) is 5.02 Å². The van der Waals surface area contributed by atoms with E-state index in [4.69, 9.17) is 11.6 Å². The van der Waals surface area contributed by atoms with Crippen molar-refractivity contribution >= 4 is 38.9 Å². The molecule has 1 saturated carbocycles. The number of aromatic nitrogens is 3. The van der Waals surface area contributed by atoms with Crippen LogP contribution in [0.1, 0.15) is 56.9 Å². The molecule has 0 aliphatic heterocycles. The van der Waals surface area contributed by atoms with Crippen molar-refractivity contribution in [1.29, 1.82) is 0 Å². The van der Waals surface area contributed by atoms with Gasteiger partial charge in [-0.2, -0.15) is 27.1 Å². The lowest BCUT2D eigenvalue weighted by Gasteiger charge is -2.33. The summed E-state index contributed by atoms with van der Waals surface area (Å²) in [7, 11) is -3.51. The summed E-state index contributed by atoms with van der Waals surface area (Å²) in [5.74, 6) is -2.40. The molecule has 240 valence electrons. The number of pyridine rings is 1. The molecule has 0 radical (unpaired) electrons. The third kappa shape index (κ3) is 8.53. The number of carbonyl (C=O) groups excluding carboxylic acids is 2. The maximum atomic E-state index is 13.3. The Bertz CT molecular complexity index is 1480. The minimum atomic E-state index is -4.52. The van der Waals surface area contributed by atoms with Gasteiger partial charge in [0.25, 0.3) is 5.91 Å². The van der Waals surface area contributed by atoms with Crippen molar-refractivity contribution in [3.05, 3.63) is 23.0 Å². The zero-order chi connectivity index (χ0) is 32.5. The number of anilines is 1. The smallest absolute Gasteiger partial charge is 0.391 e. The highest BCUT2D eigenvalue weighted by molar-refractivity contribution is 7.91. The van der Waals surface area contributed by atoms with Gasteiger partial charge in [0.2, 0.25) is 0 Å². The van der Waals surface area contributed by atoms with Crippen LogP contribution < -0.4 is 15.4 Å². The van der Waals surface area contributed by atoms with Gasteiger partial charge in [-0.15, -0.1) is 0 Å². The van der Waals surface area contributed by atoms with Crippen LogP contribution in [0.5, 0.6) is 5.75 Å². The summed E-state index contributed by atoms with van der Waals surface area (Å²) in [6.07, 6.45) is -4.37. The van der Waals surface area contributed by atoms with Gasteiger partial charge in [-0.3, -0.25) is 14.3 Å². The number of rotatable bonds is 11. The van der Waals surface area contributed by atoms with Crippen molar-refractivity contribution in [3.8, 4) is 17.0 Å². The number of amides is 1. The number of sulfone groups is 1. The van der Waals surface area contributed by atoms with Crippen LogP contribution in [0, 0.1) is 0 Å². The molecule has 1 aliphatic rings. The zero-order valence-corrected chi connectivity index (χ0v) is 25.1. The van der Waals surface area contributed by atoms with Crippen LogP contribution in [-0.2, 0) is 21.2 Å². The van der Waals surface area contributed by atoms with Gasteiger partial charge in [0, 0.05) is 37.0 Å². The summed E-state index contributed by atoms with van der Waals surface area (Å²) in [6.45, 7) is 0.268. The number of aliphatic hydroxyl groups is 1. The highest BCUT2D eigenvalue weighted by Gasteiger charge is 2.44. The first-order valence-corrected chi connectivity index (χ1v) is 15.3. The Labute approximate surface area is 249 Å².